The van der Waals surface area contributed by atoms with Crippen LogP contribution >= 0.6 is 27.5 Å². The van der Waals surface area contributed by atoms with Crippen molar-refractivity contribution in [3.8, 4) is 0 Å². The number of hydrogen-bond acceptors (Lipinski definition) is 3. The molecule has 0 atom stereocenters. The number of halogens is 2. The average Bonchev–Trinajstić information content (AvgIpc) is 2.29. The number of carbonyl (C=O) groups is 1. The van der Waals surface area contributed by atoms with Crippen LogP contribution in [0, 0.1) is 0 Å². The molecule has 86 valence electrons. The van der Waals surface area contributed by atoms with Gasteiger partial charge in [0.1, 0.15) is 16.7 Å². The smallest absolute Gasteiger partial charge is 0.276 e. The van der Waals surface area contributed by atoms with Crippen molar-refractivity contribution in [1.29, 1.82) is 0 Å². The molecule has 2 aromatic heterocycles. The third-order valence-corrected chi connectivity index (χ3v) is 2.78. The van der Waals surface area contributed by atoms with Crippen LogP contribution in [0.3, 0.4) is 0 Å². The first kappa shape index (κ1) is 12.0. The fraction of sp³-hybridized carbons (Fsp3) is 0. The molecule has 0 aromatic carbocycles. The van der Waals surface area contributed by atoms with Gasteiger partial charge < -0.3 is 5.32 Å². The maximum atomic E-state index is 11.9. The topological polar surface area (TPSA) is 54.9 Å². The van der Waals surface area contributed by atoms with Gasteiger partial charge in [-0.1, -0.05) is 17.7 Å². The fourth-order valence-electron chi connectivity index (χ4n) is 1.21. The van der Waals surface area contributed by atoms with Crippen LogP contribution in [0.4, 0.5) is 5.82 Å². The minimum absolute atomic E-state index is 0.300. The second kappa shape index (κ2) is 5.25. The molecule has 0 aliphatic heterocycles. The molecule has 0 aliphatic carbocycles. The first-order valence-electron chi connectivity index (χ1n) is 4.71. The lowest BCUT2D eigenvalue weighted by molar-refractivity contribution is 0.102. The third-order valence-electron chi connectivity index (χ3n) is 1.93. The molecule has 1 amide bonds. The van der Waals surface area contributed by atoms with E-state index in [4.69, 9.17) is 11.6 Å². The van der Waals surface area contributed by atoms with Gasteiger partial charge in [-0.3, -0.25) is 4.79 Å². The fourth-order valence-corrected chi connectivity index (χ4v) is 1.81. The van der Waals surface area contributed by atoms with Gasteiger partial charge in [0, 0.05) is 10.7 Å². The molecule has 2 heterocycles. The number of carbonyl (C=O) groups excluding carboxylic acids is 1. The summed E-state index contributed by atoms with van der Waals surface area (Å²) < 4.78 is 0.625. The van der Waals surface area contributed by atoms with E-state index < -0.39 is 0 Å². The van der Waals surface area contributed by atoms with Crippen molar-refractivity contribution in [3.63, 3.8) is 0 Å². The molecular weight excluding hydrogens is 305 g/mol. The maximum Gasteiger partial charge on any atom is 0.276 e. The third kappa shape index (κ3) is 3.01. The Hall–Kier alpha value is -1.46. The average molecular weight is 313 g/mol. The van der Waals surface area contributed by atoms with Crippen LogP contribution in [0.15, 0.2) is 41.0 Å². The summed E-state index contributed by atoms with van der Waals surface area (Å²) in [6.07, 6.45) is 1.55. The number of amides is 1. The Morgan fingerprint density at radius 2 is 2.12 bits per heavy atom. The van der Waals surface area contributed by atoms with Crippen LogP contribution in [0.1, 0.15) is 10.5 Å². The van der Waals surface area contributed by atoms with Crippen LogP contribution < -0.4 is 5.32 Å². The standard InChI is InChI=1S/C11H7BrClN3O/c12-7-3-2-6-14-10(7)11(17)16-9-5-1-4-8(13)15-9/h1-6H,(H,15,16,17). The minimum Gasteiger partial charge on any atom is -0.305 e. The van der Waals surface area contributed by atoms with E-state index in [0.29, 0.717) is 21.1 Å². The summed E-state index contributed by atoms with van der Waals surface area (Å²) >= 11 is 8.97. The lowest BCUT2D eigenvalue weighted by Gasteiger charge is -2.05. The predicted octanol–water partition coefficient (Wildman–Crippen LogP) is 3.14. The van der Waals surface area contributed by atoms with E-state index >= 15 is 0 Å². The highest BCUT2D eigenvalue weighted by Gasteiger charge is 2.11. The van der Waals surface area contributed by atoms with E-state index in [-0.39, 0.29) is 5.91 Å². The van der Waals surface area contributed by atoms with E-state index in [1.807, 2.05) is 0 Å². The van der Waals surface area contributed by atoms with Gasteiger partial charge in [0.15, 0.2) is 0 Å². The van der Waals surface area contributed by atoms with Crippen LogP contribution in [-0.2, 0) is 0 Å². The Balaban J connectivity index is 2.20. The summed E-state index contributed by atoms with van der Waals surface area (Å²) in [4.78, 5) is 19.8. The normalized spacial score (nSPS) is 10.0. The number of rotatable bonds is 2. The monoisotopic (exact) mass is 311 g/mol. The molecule has 0 unspecified atom stereocenters. The van der Waals surface area contributed by atoms with Crippen LogP contribution in [-0.4, -0.2) is 15.9 Å². The van der Waals surface area contributed by atoms with Crippen molar-refractivity contribution < 1.29 is 4.79 Å². The second-order valence-corrected chi connectivity index (χ2v) is 4.38. The van der Waals surface area contributed by atoms with Crippen molar-refractivity contribution in [1.82, 2.24) is 9.97 Å². The number of nitrogens with one attached hydrogen (secondary N) is 1. The van der Waals surface area contributed by atoms with E-state index in [2.05, 4.69) is 31.2 Å². The Bertz CT molecular complexity index is 562. The van der Waals surface area contributed by atoms with Gasteiger partial charge >= 0.3 is 0 Å². The van der Waals surface area contributed by atoms with Gasteiger partial charge in [-0.2, -0.15) is 0 Å². The Kier molecular flexibility index (Phi) is 3.71. The van der Waals surface area contributed by atoms with Crippen LogP contribution in [0.2, 0.25) is 5.15 Å². The van der Waals surface area contributed by atoms with E-state index in [0.717, 1.165) is 0 Å². The molecule has 0 fully saturated rings. The number of aromatic nitrogens is 2. The first-order chi connectivity index (χ1) is 8.16. The molecule has 17 heavy (non-hydrogen) atoms. The number of pyridine rings is 2. The molecule has 0 saturated carbocycles. The SMILES string of the molecule is O=C(Nc1cccc(Cl)n1)c1ncccc1Br. The van der Waals surface area contributed by atoms with E-state index in [9.17, 15) is 4.79 Å². The summed E-state index contributed by atoms with van der Waals surface area (Å²) in [5.74, 6) is 0.0484. The molecule has 1 N–H and O–H groups in total. The van der Waals surface area contributed by atoms with Crippen molar-refractivity contribution in [2.45, 2.75) is 0 Å². The van der Waals surface area contributed by atoms with Crippen molar-refractivity contribution >= 4 is 39.3 Å². The summed E-state index contributed by atoms with van der Waals surface area (Å²) in [6, 6.07) is 8.47. The molecule has 0 saturated heterocycles. The molecule has 0 aliphatic rings. The maximum absolute atomic E-state index is 11.9. The molecule has 6 heteroatoms. The molecular formula is C11H7BrClN3O. The van der Waals surface area contributed by atoms with Crippen molar-refractivity contribution in [2.24, 2.45) is 0 Å². The summed E-state index contributed by atoms with van der Waals surface area (Å²) in [7, 11) is 0. The minimum atomic E-state index is -0.341. The Morgan fingerprint density at radius 1 is 1.29 bits per heavy atom. The van der Waals surface area contributed by atoms with E-state index in [1.54, 1.807) is 36.5 Å². The lowest BCUT2D eigenvalue weighted by atomic mass is 10.3. The summed E-state index contributed by atoms with van der Waals surface area (Å²) in [5, 5.41) is 2.93. The van der Waals surface area contributed by atoms with Gasteiger partial charge in [0.05, 0.1) is 0 Å². The molecule has 0 radical (unpaired) electrons. The Labute approximate surface area is 111 Å². The number of nitrogens with zero attached hydrogens (tertiary/aromatic N) is 2. The molecule has 0 bridgehead atoms. The largest absolute Gasteiger partial charge is 0.305 e. The predicted molar refractivity (Wildman–Crippen MR) is 69.1 cm³/mol. The quantitative estimate of drug-likeness (QED) is 0.867. The summed E-state index contributed by atoms with van der Waals surface area (Å²) in [5.41, 5.74) is 0.300. The van der Waals surface area contributed by atoms with Gasteiger partial charge in [0.2, 0.25) is 0 Å². The van der Waals surface area contributed by atoms with Gasteiger partial charge in [-0.15, -0.1) is 0 Å². The van der Waals surface area contributed by atoms with E-state index in [1.165, 1.54) is 0 Å². The molecule has 2 aromatic rings. The zero-order chi connectivity index (χ0) is 12.3. The number of anilines is 1. The molecule has 2 rings (SSSR count). The van der Waals surface area contributed by atoms with Crippen LogP contribution in [0.5, 0.6) is 0 Å². The van der Waals surface area contributed by atoms with Gasteiger partial charge in [-0.05, 0) is 40.2 Å². The van der Waals surface area contributed by atoms with Crippen molar-refractivity contribution in [3.05, 3.63) is 51.8 Å². The second-order valence-electron chi connectivity index (χ2n) is 3.13. The zero-order valence-electron chi connectivity index (χ0n) is 8.52. The lowest BCUT2D eigenvalue weighted by Crippen LogP contribution is -2.15. The highest BCUT2D eigenvalue weighted by atomic mass is 79.9. The van der Waals surface area contributed by atoms with Crippen molar-refractivity contribution in [2.75, 3.05) is 5.32 Å². The summed E-state index contributed by atoms with van der Waals surface area (Å²) in [6.45, 7) is 0. The van der Waals surface area contributed by atoms with Gasteiger partial charge in [-0.25, -0.2) is 9.97 Å². The zero-order valence-corrected chi connectivity index (χ0v) is 10.9. The molecule has 0 spiro atoms. The van der Waals surface area contributed by atoms with Crippen LogP contribution in [0.25, 0.3) is 0 Å². The highest BCUT2D eigenvalue weighted by Crippen LogP contribution is 2.15. The molecule has 4 nitrogen and oxygen atoms in total. The van der Waals surface area contributed by atoms with Gasteiger partial charge in [0.25, 0.3) is 5.91 Å². The number of hydrogen-bond donors (Lipinski definition) is 1. The highest BCUT2D eigenvalue weighted by molar-refractivity contribution is 9.10. The Morgan fingerprint density at radius 3 is 2.82 bits per heavy atom. The first-order valence-corrected chi connectivity index (χ1v) is 5.88.